The van der Waals surface area contributed by atoms with Crippen molar-refractivity contribution in [2.45, 2.75) is 26.3 Å². The van der Waals surface area contributed by atoms with Gasteiger partial charge in [0, 0.05) is 30.0 Å². The predicted molar refractivity (Wildman–Crippen MR) is 103 cm³/mol. The first kappa shape index (κ1) is 18.9. The van der Waals surface area contributed by atoms with Crippen molar-refractivity contribution in [2.24, 2.45) is 0 Å². The lowest BCUT2D eigenvalue weighted by molar-refractivity contribution is -0.121. The summed E-state index contributed by atoms with van der Waals surface area (Å²) in [4.78, 5) is 16.3. The van der Waals surface area contributed by atoms with Gasteiger partial charge in [-0.1, -0.05) is 28.9 Å². The van der Waals surface area contributed by atoms with Crippen LogP contribution in [-0.4, -0.2) is 22.7 Å². The van der Waals surface area contributed by atoms with Gasteiger partial charge in [-0.25, -0.2) is 0 Å². The molecule has 0 atom stereocenters. The van der Waals surface area contributed by atoms with Crippen molar-refractivity contribution in [2.75, 3.05) is 6.61 Å². The third-order valence-corrected chi connectivity index (χ3v) is 4.07. The van der Waals surface area contributed by atoms with Crippen LogP contribution in [0.3, 0.4) is 0 Å². The number of halogens is 1. The van der Waals surface area contributed by atoms with E-state index >= 15 is 0 Å². The van der Waals surface area contributed by atoms with Crippen LogP contribution in [0.1, 0.15) is 24.8 Å². The van der Waals surface area contributed by atoms with Crippen molar-refractivity contribution in [3.05, 3.63) is 65.0 Å². The van der Waals surface area contributed by atoms with E-state index in [-0.39, 0.29) is 12.3 Å². The Hall–Kier alpha value is -2.86. The normalized spacial score (nSPS) is 10.6. The number of hydrogen-bond acceptors (Lipinski definition) is 5. The van der Waals surface area contributed by atoms with Crippen molar-refractivity contribution in [3.8, 4) is 17.1 Å². The van der Waals surface area contributed by atoms with Gasteiger partial charge in [0.2, 0.25) is 17.6 Å². The second-order valence-corrected chi connectivity index (χ2v) is 6.31. The minimum atomic E-state index is -0.0872. The average Bonchev–Trinajstić information content (AvgIpc) is 3.15. The summed E-state index contributed by atoms with van der Waals surface area (Å²) in [6.07, 6.45) is 0.650. The van der Waals surface area contributed by atoms with E-state index in [1.807, 2.05) is 49.4 Å². The zero-order valence-corrected chi connectivity index (χ0v) is 15.7. The molecule has 1 N–H and O–H groups in total. The van der Waals surface area contributed by atoms with Crippen molar-refractivity contribution < 1.29 is 14.1 Å². The molecule has 140 valence electrons. The second-order valence-electron chi connectivity index (χ2n) is 5.88. The number of rotatable bonds is 8. The van der Waals surface area contributed by atoms with E-state index < -0.39 is 0 Å². The molecule has 6 nitrogen and oxygen atoms in total. The van der Waals surface area contributed by atoms with Crippen LogP contribution in [0.4, 0.5) is 0 Å². The van der Waals surface area contributed by atoms with Crippen LogP contribution in [0.25, 0.3) is 11.4 Å². The molecule has 3 rings (SSSR count). The number of aromatic nitrogens is 2. The highest BCUT2D eigenvalue weighted by Crippen LogP contribution is 2.20. The van der Waals surface area contributed by atoms with Gasteiger partial charge < -0.3 is 14.6 Å². The van der Waals surface area contributed by atoms with Crippen molar-refractivity contribution in [1.29, 1.82) is 0 Å². The van der Waals surface area contributed by atoms with E-state index in [1.54, 1.807) is 6.07 Å². The van der Waals surface area contributed by atoms with Crippen LogP contribution >= 0.6 is 11.6 Å². The highest BCUT2D eigenvalue weighted by atomic mass is 35.5. The monoisotopic (exact) mass is 385 g/mol. The molecule has 7 heteroatoms. The predicted octanol–water partition coefficient (Wildman–Crippen LogP) is 4.04. The molecule has 0 saturated heterocycles. The molecule has 0 aliphatic rings. The lowest BCUT2D eigenvalue weighted by Gasteiger charge is -2.04. The number of ether oxygens (including phenoxy) is 1. The molecule has 1 heterocycles. The standard InChI is InChI=1S/C20H20ClN3O3/c1-2-26-17-8-6-15(7-9-17)20-23-19(27-24-20)11-10-18(25)22-13-14-4-3-5-16(21)12-14/h3-9,12H,2,10-11,13H2,1H3,(H,22,25). The molecular weight excluding hydrogens is 366 g/mol. The zero-order valence-electron chi connectivity index (χ0n) is 14.9. The molecule has 0 bridgehead atoms. The maximum atomic E-state index is 12.0. The Kier molecular flexibility index (Phi) is 6.44. The Morgan fingerprint density at radius 3 is 2.78 bits per heavy atom. The van der Waals surface area contributed by atoms with E-state index in [1.165, 1.54) is 0 Å². The highest BCUT2D eigenvalue weighted by Gasteiger charge is 2.11. The van der Waals surface area contributed by atoms with Gasteiger partial charge in [0.05, 0.1) is 6.61 Å². The quantitative estimate of drug-likeness (QED) is 0.633. The molecule has 27 heavy (non-hydrogen) atoms. The van der Waals surface area contributed by atoms with E-state index in [4.69, 9.17) is 20.9 Å². The minimum absolute atomic E-state index is 0.0872. The van der Waals surface area contributed by atoms with Crippen LogP contribution in [0.5, 0.6) is 5.75 Å². The molecule has 0 unspecified atom stereocenters. The van der Waals surface area contributed by atoms with Crippen LogP contribution in [-0.2, 0) is 17.8 Å². The fourth-order valence-electron chi connectivity index (χ4n) is 2.50. The number of amides is 1. The molecule has 0 spiro atoms. The Balaban J connectivity index is 1.49. The van der Waals surface area contributed by atoms with Crippen LogP contribution < -0.4 is 10.1 Å². The third-order valence-electron chi connectivity index (χ3n) is 3.84. The van der Waals surface area contributed by atoms with Gasteiger partial charge in [-0.15, -0.1) is 0 Å². The van der Waals surface area contributed by atoms with Gasteiger partial charge in [0.25, 0.3) is 0 Å². The maximum Gasteiger partial charge on any atom is 0.227 e. The first-order valence-corrected chi connectivity index (χ1v) is 9.09. The van der Waals surface area contributed by atoms with Crippen LogP contribution in [0.2, 0.25) is 5.02 Å². The molecular formula is C20H20ClN3O3. The molecule has 0 saturated carbocycles. The van der Waals surface area contributed by atoms with Crippen LogP contribution in [0.15, 0.2) is 53.1 Å². The molecule has 1 amide bonds. The Morgan fingerprint density at radius 1 is 1.22 bits per heavy atom. The Morgan fingerprint density at radius 2 is 2.04 bits per heavy atom. The maximum absolute atomic E-state index is 12.0. The summed E-state index contributed by atoms with van der Waals surface area (Å²) in [5.41, 5.74) is 1.78. The summed E-state index contributed by atoms with van der Waals surface area (Å²) in [6.45, 7) is 2.98. The highest BCUT2D eigenvalue weighted by molar-refractivity contribution is 6.30. The van der Waals surface area contributed by atoms with Crippen molar-refractivity contribution in [1.82, 2.24) is 15.5 Å². The van der Waals surface area contributed by atoms with Gasteiger partial charge >= 0.3 is 0 Å². The molecule has 2 aromatic carbocycles. The first-order chi connectivity index (χ1) is 13.1. The number of aryl methyl sites for hydroxylation is 1. The summed E-state index contributed by atoms with van der Waals surface area (Å²) in [6, 6.07) is 14.8. The first-order valence-electron chi connectivity index (χ1n) is 8.71. The van der Waals surface area contributed by atoms with Gasteiger partial charge in [-0.2, -0.15) is 4.98 Å². The lowest BCUT2D eigenvalue weighted by atomic mass is 10.2. The smallest absolute Gasteiger partial charge is 0.227 e. The minimum Gasteiger partial charge on any atom is -0.494 e. The number of hydrogen-bond donors (Lipinski definition) is 1. The Bertz CT molecular complexity index is 893. The number of nitrogens with zero attached hydrogens (tertiary/aromatic N) is 2. The summed E-state index contributed by atoms with van der Waals surface area (Å²) in [5.74, 6) is 1.63. The summed E-state index contributed by atoms with van der Waals surface area (Å²) >= 11 is 5.93. The van der Waals surface area contributed by atoms with Gasteiger partial charge in [-0.05, 0) is 48.9 Å². The van der Waals surface area contributed by atoms with Crippen molar-refractivity contribution >= 4 is 17.5 Å². The molecule has 3 aromatic rings. The number of carbonyl (C=O) groups is 1. The zero-order chi connectivity index (χ0) is 19.1. The van der Waals surface area contributed by atoms with E-state index in [0.29, 0.717) is 36.3 Å². The van der Waals surface area contributed by atoms with Gasteiger partial charge in [0.15, 0.2) is 0 Å². The summed E-state index contributed by atoms with van der Waals surface area (Å²) in [7, 11) is 0. The average molecular weight is 386 g/mol. The van der Waals surface area contributed by atoms with Crippen molar-refractivity contribution in [3.63, 3.8) is 0 Å². The fourth-order valence-corrected chi connectivity index (χ4v) is 2.71. The van der Waals surface area contributed by atoms with Crippen LogP contribution in [0, 0.1) is 0 Å². The second kappa shape index (κ2) is 9.19. The number of benzene rings is 2. The van der Waals surface area contributed by atoms with Gasteiger partial charge in [-0.3, -0.25) is 4.79 Å². The summed E-state index contributed by atoms with van der Waals surface area (Å²) in [5, 5.41) is 7.47. The molecule has 1 aromatic heterocycles. The fraction of sp³-hybridized carbons (Fsp3) is 0.250. The molecule has 0 aliphatic heterocycles. The number of nitrogens with one attached hydrogen (secondary N) is 1. The summed E-state index contributed by atoms with van der Waals surface area (Å²) < 4.78 is 10.6. The van der Waals surface area contributed by atoms with E-state index in [2.05, 4.69) is 15.5 Å². The molecule has 0 fully saturated rings. The molecule has 0 radical (unpaired) electrons. The SMILES string of the molecule is CCOc1ccc(-c2noc(CCC(=O)NCc3cccc(Cl)c3)n2)cc1. The van der Waals surface area contributed by atoms with Gasteiger partial charge in [0.1, 0.15) is 5.75 Å². The Labute approximate surface area is 162 Å². The third kappa shape index (κ3) is 5.56. The topological polar surface area (TPSA) is 77.2 Å². The van der Waals surface area contributed by atoms with E-state index in [9.17, 15) is 4.79 Å². The molecule has 0 aliphatic carbocycles. The number of carbonyl (C=O) groups excluding carboxylic acids is 1. The van der Waals surface area contributed by atoms with E-state index in [0.717, 1.165) is 16.9 Å². The lowest BCUT2D eigenvalue weighted by Crippen LogP contribution is -2.23. The largest absolute Gasteiger partial charge is 0.494 e.